The fraction of sp³-hybridized carbons (Fsp3) is 0.208. The van der Waals surface area contributed by atoms with Crippen molar-refractivity contribution in [3.05, 3.63) is 86.8 Å². The van der Waals surface area contributed by atoms with Crippen LogP contribution in [0, 0.1) is 6.92 Å². The Labute approximate surface area is 188 Å². The Morgan fingerprint density at radius 3 is 2.45 bits per heavy atom. The molecule has 5 aromatic rings. The Bertz CT molecular complexity index is 1620. The van der Waals surface area contributed by atoms with Crippen molar-refractivity contribution >= 4 is 16.9 Å². The van der Waals surface area contributed by atoms with Crippen LogP contribution in [-0.2, 0) is 13.6 Å². The van der Waals surface area contributed by atoms with Gasteiger partial charge in [0.15, 0.2) is 11.2 Å². The quantitative estimate of drug-likeness (QED) is 0.415. The van der Waals surface area contributed by atoms with E-state index in [2.05, 4.69) is 0 Å². The minimum absolute atomic E-state index is 0.179. The molecular formula is C24H23N5O4. The van der Waals surface area contributed by atoms with Gasteiger partial charge in [0.25, 0.3) is 5.56 Å². The van der Waals surface area contributed by atoms with Gasteiger partial charge in [-0.3, -0.25) is 22.9 Å². The molecule has 0 N–H and O–H groups in total. The second-order valence-electron chi connectivity index (χ2n) is 7.82. The third-order valence-corrected chi connectivity index (χ3v) is 5.84. The number of aromatic nitrogens is 5. The molecule has 0 saturated carbocycles. The van der Waals surface area contributed by atoms with Crippen molar-refractivity contribution in [2.75, 3.05) is 14.2 Å². The van der Waals surface area contributed by atoms with Crippen LogP contribution in [0.15, 0.2) is 64.3 Å². The Hall–Kier alpha value is -4.27. The summed E-state index contributed by atoms with van der Waals surface area (Å²) in [6.07, 6.45) is 1.84. The van der Waals surface area contributed by atoms with Gasteiger partial charge in [-0.15, -0.1) is 0 Å². The maximum atomic E-state index is 13.5. The lowest BCUT2D eigenvalue weighted by Crippen LogP contribution is -2.39. The van der Waals surface area contributed by atoms with Crippen molar-refractivity contribution in [3.8, 4) is 17.2 Å². The zero-order valence-electron chi connectivity index (χ0n) is 18.8. The van der Waals surface area contributed by atoms with Crippen molar-refractivity contribution < 1.29 is 9.47 Å². The van der Waals surface area contributed by atoms with Crippen LogP contribution >= 0.6 is 0 Å². The summed E-state index contributed by atoms with van der Waals surface area (Å²) in [5, 5.41) is 0. The normalized spacial score (nSPS) is 11.4. The van der Waals surface area contributed by atoms with Crippen LogP contribution in [-0.4, -0.2) is 37.3 Å². The Balaban J connectivity index is 1.82. The standard InChI is InChI=1S/C24H23N5O4/c1-15-13-27-20-21(25-23(27)29(15)18-12-17(32-3)10-11-19(18)33-4)26(2)24(31)28(22(20)30)14-16-8-6-5-7-9-16/h5-13H,14H2,1-4H3. The van der Waals surface area contributed by atoms with E-state index >= 15 is 0 Å². The first-order chi connectivity index (χ1) is 15.9. The molecule has 3 heterocycles. The molecule has 0 unspecified atom stereocenters. The van der Waals surface area contributed by atoms with Gasteiger partial charge in [0.2, 0.25) is 5.78 Å². The van der Waals surface area contributed by atoms with Gasteiger partial charge < -0.3 is 9.47 Å². The van der Waals surface area contributed by atoms with Gasteiger partial charge in [0, 0.05) is 25.0 Å². The summed E-state index contributed by atoms with van der Waals surface area (Å²) in [7, 11) is 4.81. The maximum absolute atomic E-state index is 13.5. The lowest BCUT2D eigenvalue weighted by Gasteiger charge is -2.12. The summed E-state index contributed by atoms with van der Waals surface area (Å²) in [4.78, 5) is 31.2. The molecule has 5 rings (SSSR count). The van der Waals surface area contributed by atoms with E-state index in [0.717, 1.165) is 11.3 Å². The van der Waals surface area contributed by atoms with Gasteiger partial charge >= 0.3 is 5.69 Å². The highest BCUT2D eigenvalue weighted by molar-refractivity contribution is 5.77. The molecule has 33 heavy (non-hydrogen) atoms. The number of aryl methyl sites for hydroxylation is 2. The molecule has 0 amide bonds. The summed E-state index contributed by atoms with van der Waals surface area (Å²) in [5.41, 5.74) is 2.28. The van der Waals surface area contributed by atoms with E-state index in [1.165, 1.54) is 9.13 Å². The number of benzene rings is 2. The number of hydrogen-bond donors (Lipinski definition) is 0. The molecule has 0 aliphatic rings. The monoisotopic (exact) mass is 445 g/mol. The molecule has 0 fully saturated rings. The van der Waals surface area contributed by atoms with Crippen LogP contribution in [0.2, 0.25) is 0 Å². The highest BCUT2D eigenvalue weighted by atomic mass is 16.5. The predicted molar refractivity (Wildman–Crippen MR) is 125 cm³/mol. The zero-order valence-corrected chi connectivity index (χ0v) is 18.8. The van der Waals surface area contributed by atoms with Crippen molar-refractivity contribution in [1.82, 2.24) is 23.1 Å². The molecule has 0 spiro atoms. The largest absolute Gasteiger partial charge is 0.497 e. The second-order valence-corrected chi connectivity index (χ2v) is 7.82. The molecule has 9 nitrogen and oxygen atoms in total. The predicted octanol–water partition coefficient (Wildman–Crippen LogP) is 2.51. The van der Waals surface area contributed by atoms with Gasteiger partial charge in [0.05, 0.1) is 26.5 Å². The number of hydrogen-bond acceptors (Lipinski definition) is 5. The van der Waals surface area contributed by atoms with Gasteiger partial charge in [-0.1, -0.05) is 30.3 Å². The molecule has 0 bridgehead atoms. The van der Waals surface area contributed by atoms with Gasteiger partial charge in [-0.05, 0) is 24.6 Å². The number of ether oxygens (including phenoxy) is 2. The molecule has 0 radical (unpaired) electrons. The van der Waals surface area contributed by atoms with Crippen molar-refractivity contribution in [2.24, 2.45) is 7.05 Å². The van der Waals surface area contributed by atoms with Crippen LogP contribution in [0.3, 0.4) is 0 Å². The average Bonchev–Trinajstić information content (AvgIpc) is 3.35. The summed E-state index contributed by atoms with van der Waals surface area (Å²) in [5.74, 6) is 1.78. The number of methoxy groups -OCH3 is 2. The fourth-order valence-electron chi connectivity index (χ4n) is 4.19. The molecule has 0 saturated heterocycles. The average molecular weight is 445 g/mol. The summed E-state index contributed by atoms with van der Waals surface area (Å²) < 4.78 is 17.2. The minimum Gasteiger partial charge on any atom is -0.497 e. The number of nitrogens with zero attached hydrogens (tertiary/aromatic N) is 5. The lowest BCUT2D eigenvalue weighted by molar-refractivity contribution is 0.401. The Morgan fingerprint density at radius 2 is 1.76 bits per heavy atom. The van der Waals surface area contributed by atoms with Crippen molar-refractivity contribution in [3.63, 3.8) is 0 Å². The maximum Gasteiger partial charge on any atom is 0.332 e. The third kappa shape index (κ3) is 3.12. The van der Waals surface area contributed by atoms with E-state index in [4.69, 9.17) is 14.5 Å². The van der Waals surface area contributed by atoms with Crippen molar-refractivity contribution in [1.29, 1.82) is 0 Å². The van der Waals surface area contributed by atoms with Gasteiger partial charge in [-0.25, -0.2) is 4.79 Å². The molecule has 0 atom stereocenters. The molecule has 168 valence electrons. The topological polar surface area (TPSA) is 84.7 Å². The second kappa shape index (κ2) is 7.70. The highest BCUT2D eigenvalue weighted by Gasteiger charge is 2.22. The molecule has 0 aliphatic carbocycles. The highest BCUT2D eigenvalue weighted by Crippen LogP contribution is 2.31. The zero-order chi connectivity index (χ0) is 23.3. The number of imidazole rings is 2. The van der Waals surface area contributed by atoms with Gasteiger partial charge in [-0.2, -0.15) is 4.98 Å². The van der Waals surface area contributed by atoms with Gasteiger partial charge in [0.1, 0.15) is 11.5 Å². The van der Waals surface area contributed by atoms with Crippen LogP contribution in [0.4, 0.5) is 0 Å². The lowest BCUT2D eigenvalue weighted by atomic mass is 10.2. The first kappa shape index (κ1) is 20.6. The summed E-state index contributed by atoms with van der Waals surface area (Å²) >= 11 is 0. The molecular weight excluding hydrogens is 422 g/mol. The minimum atomic E-state index is -0.417. The van der Waals surface area contributed by atoms with E-state index < -0.39 is 5.69 Å². The number of fused-ring (bicyclic) bond motifs is 3. The van der Waals surface area contributed by atoms with E-state index in [1.54, 1.807) is 25.7 Å². The van der Waals surface area contributed by atoms with E-state index in [-0.39, 0.29) is 12.1 Å². The first-order valence-electron chi connectivity index (χ1n) is 10.4. The van der Waals surface area contributed by atoms with E-state index in [0.29, 0.717) is 34.1 Å². The van der Waals surface area contributed by atoms with Crippen molar-refractivity contribution in [2.45, 2.75) is 13.5 Å². The van der Waals surface area contributed by atoms with Crippen LogP contribution in [0.25, 0.3) is 22.6 Å². The first-order valence-corrected chi connectivity index (χ1v) is 10.4. The Morgan fingerprint density at radius 1 is 1.00 bits per heavy atom. The molecule has 2 aromatic carbocycles. The molecule has 0 aliphatic heterocycles. The van der Waals surface area contributed by atoms with E-state index in [9.17, 15) is 9.59 Å². The summed E-state index contributed by atoms with van der Waals surface area (Å²) in [6.45, 7) is 2.10. The smallest absolute Gasteiger partial charge is 0.332 e. The molecule has 9 heteroatoms. The fourth-order valence-corrected chi connectivity index (χ4v) is 4.19. The number of rotatable bonds is 5. The SMILES string of the molecule is COc1ccc(OC)c(-n2c(C)cn3c4c(=O)n(Cc5ccccc5)c(=O)n(C)c4nc23)c1. The Kier molecular flexibility index (Phi) is 4.81. The van der Waals surface area contributed by atoms with Crippen LogP contribution in [0.5, 0.6) is 11.5 Å². The van der Waals surface area contributed by atoms with Crippen LogP contribution < -0.4 is 20.7 Å². The van der Waals surface area contributed by atoms with E-state index in [1.807, 2.05) is 66.2 Å². The van der Waals surface area contributed by atoms with Crippen LogP contribution in [0.1, 0.15) is 11.3 Å². The molecule has 3 aromatic heterocycles. The summed E-state index contributed by atoms with van der Waals surface area (Å²) in [6, 6.07) is 14.9. The third-order valence-electron chi connectivity index (χ3n) is 5.84.